The predicted octanol–water partition coefficient (Wildman–Crippen LogP) is 4.35. The van der Waals surface area contributed by atoms with Crippen LogP contribution in [0.5, 0.6) is 0 Å². The zero-order valence-corrected chi connectivity index (χ0v) is 14.3. The van der Waals surface area contributed by atoms with Gasteiger partial charge < -0.3 is 5.32 Å². The summed E-state index contributed by atoms with van der Waals surface area (Å²) in [5.74, 6) is 1.19. The van der Waals surface area contributed by atoms with Crippen LogP contribution in [0, 0.1) is 0 Å². The standard InChI is InChI=1S/C17H25NOS2/c1-14(21-16-10-6-3-7-11-16)17(19)18-12-13-20-15-8-4-2-5-9-15/h3,6-7,10-11,14-15H,2,4-5,8-9,12-13H2,1H3,(H,18,19)/t14-/m1/s1. The molecule has 4 heteroatoms. The van der Waals surface area contributed by atoms with Crippen molar-refractivity contribution in [2.45, 2.75) is 54.4 Å². The molecule has 0 saturated heterocycles. The van der Waals surface area contributed by atoms with Gasteiger partial charge in [0.2, 0.25) is 5.91 Å². The Labute approximate surface area is 136 Å². The summed E-state index contributed by atoms with van der Waals surface area (Å²) in [6.45, 7) is 2.76. The third kappa shape index (κ3) is 6.35. The molecule has 21 heavy (non-hydrogen) atoms. The molecule has 0 unspecified atom stereocenters. The van der Waals surface area contributed by atoms with Crippen LogP contribution in [0.15, 0.2) is 35.2 Å². The first-order chi connectivity index (χ1) is 10.3. The lowest BCUT2D eigenvalue weighted by Gasteiger charge is -2.21. The van der Waals surface area contributed by atoms with E-state index >= 15 is 0 Å². The molecule has 0 radical (unpaired) electrons. The minimum atomic E-state index is -0.0351. The van der Waals surface area contributed by atoms with Gasteiger partial charge in [-0.25, -0.2) is 0 Å². The normalized spacial score (nSPS) is 17.4. The first kappa shape index (κ1) is 16.8. The van der Waals surface area contributed by atoms with Crippen molar-refractivity contribution < 1.29 is 4.79 Å². The van der Waals surface area contributed by atoms with Crippen molar-refractivity contribution >= 4 is 29.4 Å². The number of amides is 1. The molecule has 0 spiro atoms. The molecule has 2 rings (SSSR count). The molecule has 0 aliphatic heterocycles. The van der Waals surface area contributed by atoms with Gasteiger partial charge in [0.25, 0.3) is 0 Å². The van der Waals surface area contributed by atoms with E-state index < -0.39 is 0 Å². The van der Waals surface area contributed by atoms with Crippen LogP contribution in [-0.2, 0) is 4.79 Å². The Morgan fingerprint density at radius 2 is 1.95 bits per heavy atom. The second-order valence-electron chi connectivity index (χ2n) is 5.49. The maximum atomic E-state index is 12.1. The first-order valence-electron chi connectivity index (χ1n) is 7.87. The summed E-state index contributed by atoms with van der Waals surface area (Å²) in [5, 5.41) is 3.85. The van der Waals surface area contributed by atoms with Gasteiger partial charge >= 0.3 is 0 Å². The van der Waals surface area contributed by atoms with Gasteiger partial charge in [-0.1, -0.05) is 37.5 Å². The van der Waals surface area contributed by atoms with E-state index in [1.807, 2.05) is 49.0 Å². The summed E-state index contributed by atoms with van der Waals surface area (Å²) in [6.07, 6.45) is 6.89. The predicted molar refractivity (Wildman–Crippen MR) is 94.1 cm³/mol. The summed E-state index contributed by atoms with van der Waals surface area (Å²) in [4.78, 5) is 13.2. The number of nitrogens with one attached hydrogen (secondary N) is 1. The van der Waals surface area contributed by atoms with Gasteiger partial charge in [0, 0.05) is 22.4 Å². The molecule has 1 aliphatic rings. The average molecular weight is 324 g/mol. The number of hydrogen-bond donors (Lipinski definition) is 1. The van der Waals surface area contributed by atoms with Crippen LogP contribution >= 0.6 is 23.5 Å². The Morgan fingerprint density at radius 3 is 2.67 bits per heavy atom. The average Bonchev–Trinajstić information content (AvgIpc) is 2.53. The van der Waals surface area contributed by atoms with E-state index in [1.54, 1.807) is 11.8 Å². The lowest BCUT2D eigenvalue weighted by Crippen LogP contribution is -2.32. The minimum absolute atomic E-state index is 0.0351. The maximum Gasteiger partial charge on any atom is 0.233 e. The number of benzene rings is 1. The second-order valence-corrected chi connectivity index (χ2v) is 8.32. The molecule has 0 bridgehead atoms. The van der Waals surface area contributed by atoms with Gasteiger partial charge in [0.05, 0.1) is 5.25 Å². The van der Waals surface area contributed by atoms with Crippen LogP contribution in [0.4, 0.5) is 0 Å². The van der Waals surface area contributed by atoms with Crippen LogP contribution in [0.25, 0.3) is 0 Å². The van der Waals surface area contributed by atoms with E-state index in [1.165, 1.54) is 32.1 Å². The quantitative estimate of drug-likeness (QED) is 0.597. The van der Waals surface area contributed by atoms with Crippen molar-refractivity contribution in [1.29, 1.82) is 0 Å². The topological polar surface area (TPSA) is 29.1 Å². The van der Waals surface area contributed by atoms with Crippen LogP contribution in [0.2, 0.25) is 0 Å². The molecular weight excluding hydrogens is 298 g/mol. The van der Waals surface area contributed by atoms with Crippen molar-refractivity contribution in [2.75, 3.05) is 12.3 Å². The van der Waals surface area contributed by atoms with Gasteiger partial charge in [-0.05, 0) is 31.9 Å². The van der Waals surface area contributed by atoms with Crippen LogP contribution in [-0.4, -0.2) is 28.7 Å². The molecular formula is C17H25NOS2. The lowest BCUT2D eigenvalue weighted by atomic mass is 10.0. The minimum Gasteiger partial charge on any atom is -0.354 e. The molecule has 116 valence electrons. The number of carbonyl (C=O) groups is 1. The Hall–Kier alpha value is -0.610. The Balaban J connectivity index is 1.60. The Morgan fingerprint density at radius 1 is 1.24 bits per heavy atom. The van der Waals surface area contributed by atoms with Gasteiger partial charge in [0.1, 0.15) is 0 Å². The second kappa shape index (κ2) is 9.42. The molecule has 1 fully saturated rings. The number of thioether (sulfide) groups is 2. The zero-order valence-electron chi connectivity index (χ0n) is 12.7. The molecule has 0 aromatic heterocycles. The molecule has 1 N–H and O–H groups in total. The molecule has 1 aromatic carbocycles. The fourth-order valence-electron chi connectivity index (χ4n) is 2.53. The highest BCUT2D eigenvalue weighted by Crippen LogP contribution is 2.27. The zero-order chi connectivity index (χ0) is 14.9. The summed E-state index contributed by atoms with van der Waals surface area (Å²) >= 11 is 3.65. The molecule has 2 nitrogen and oxygen atoms in total. The van der Waals surface area contributed by atoms with E-state index in [-0.39, 0.29) is 11.2 Å². The molecule has 1 saturated carbocycles. The van der Waals surface area contributed by atoms with E-state index in [9.17, 15) is 4.79 Å². The van der Waals surface area contributed by atoms with Crippen molar-refractivity contribution in [3.05, 3.63) is 30.3 Å². The molecule has 1 amide bonds. The van der Waals surface area contributed by atoms with Crippen molar-refractivity contribution in [3.8, 4) is 0 Å². The first-order valence-corrected chi connectivity index (χ1v) is 9.79. The Kier molecular flexibility index (Phi) is 7.51. The summed E-state index contributed by atoms with van der Waals surface area (Å²) in [6, 6.07) is 10.1. The summed E-state index contributed by atoms with van der Waals surface area (Å²) < 4.78 is 0. The summed E-state index contributed by atoms with van der Waals surface area (Å²) in [5.41, 5.74) is 0. The highest BCUT2D eigenvalue weighted by atomic mass is 32.2. The van der Waals surface area contributed by atoms with E-state index in [4.69, 9.17) is 0 Å². The fourth-order valence-corrected chi connectivity index (χ4v) is 4.66. The molecule has 1 aromatic rings. The van der Waals surface area contributed by atoms with Crippen molar-refractivity contribution in [1.82, 2.24) is 5.32 Å². The van der Waals surface area contributed by atoms with Gasteiger partial charge in [0.15, 0.2) is 0 Å². The summed E-state index contributed by atoms with van der Waals surface area (Å²) in [7, 11) is 0. The monoisotopic (exact) mass is 323 g/mol. The van der Waals surface area contributed by atoms with Gasteiger partial charge in [-0.15, -0.1) is 11.8 Å². The highest BCUT2D eigenvalue weighted by molar-refractivity contribution is 8.00. The van der Waals surface area contributed by atoms with Gasteiger partial charge in [-0.2, -0.15) is 11.8 Å². The third-order valence-corrected chi connectivity index (χ3v) is 6.23. The van der Waals surface area contributed by atoms with Crippen LogP contribution < -0.4 is 5.32 Å². The van der Waals surface area contributed by atoms with E-state index in [0.717, 1.165) is 22.4 Å². The lowest BCUT2D eigenvalue weighted by molar-refractivity contribution is -0.120. The fraction of sp³-hybridized carbons (Fsp3) is 0.588. The molecule has 1 aliphatic carbocycles. The Bertz CT molecular complexity index is 418. The van der Waals surface area contributed by atoms with Crippen LogP contribution in [0.3, 0.4) is 0 Å². The van der Waals surface area contributed by atoms with E-state index in [2.05, 4.69) is 5.32 Å². The van der Waals surface area contributed by atoms with E-state index in [0.29, 0.717) is 0 Å². The SMILES string of the molecule is C[C@@H](Sc1ccccc1)C(=O)NCCSC1CCCCC1. The molecule has 1 atom stereocenters. The number of rotatable bonds is 7. The third-order valence-electron chi connectivity index (χ3n) is 3.73. The highest BCUT2D eigenvalue weighted by Gasteiger charge is 2.15. The maximum absolute atomic E-state index is 12.1. The van der Waals surface area contributed by atoms with Crippen molar-refractivity contribution in [3.63, 3.8) is 0 Å². The largest absolute Gasteiger partial charge is 0.354 e. The number of hydrogen-bond acceptors (Lipinski definition) is 3. The number of carbonyl (C=O) groups excluding carboxylic acids is 1. The van der Waals surface area contributed by atoms with Crippen molar-refractivity contribution in [2.24, 2.45) is 0 Å². The van der Waals surface area contributed by atoms with Gasteiger partial charge in [-0.3, -0.25) is 4.79 Å². The smallest absolute Gasteiger partial charge is 0.233 e. The van der Waals surface area contributed by atoms with Crippen LogP contribution in [0.1, 0.15) is 39.0 Å². The molecule has 0 heterocycles.